The molecule has 3 rings (SSSR count). The van der Waals surface area contributed by atoms with Gasteiger partial charge in [0, 0.05) is 16.6 Å². The van der Waals surface area contributed by atoms with E-state index in [9.17, 15) is 4.79 Å². The van der Waals surface area contributed by atoms with Gasteiger partial charge in [-0.1, -0.05) is 11.6 Å². The van der Waals surface area contributed by atoms with Gasteiger partial charge in [0.05, 0.1) is 6.04 Å². The topological polar surface area (TPSA) is 44.9 Å². The van der Waals surface area contributed by atoms with E-state index < -0.39 is 0 Å². The minimum atomic E-state index is 0.156. The van der Waals surface area contributed by atoms with Gasteiger partial charge in [-0.05, 0) is 43.9 Å². The van der Waals surface area contributed by atoms with Crippen LogP contribution in [0.15, 0.2) is 18.2 Å². The molecule has 3 heteroatoms. The van der Waals surface area contributed by atoms with Crippen LogP contribution in [0.3, 0.4) is 0 Å². The summed E-state index contributed by atoms with van der Waals surface area (Å²) in [6.45, 7) is 2.11. The lowest BCUT2D eigenvalue weighted by Crippen LogP contribution is -2.23. The number of rotatable bonds is 2. The highest BCUT2D eigenvalue weighted by Gasteiger charge is 2.23. The maximum absolute atomic E-state index is 10.6. The molecule has 2 aromatic rings. The Hall–Kier alpha value is -1.77. The van der Waals surface area contributed by atoms with Crippen LogP contribution in [0, 0.1) is 6.92 Å². The number of hydrogen-bond acceptors (Lipinski definition) is 1. The number of aryl methyl sites for hydroxylation is 2. The molecule has 1 aliphatic rings. The van der Waals surface area contributed by atoms with Crippen LogP contribution in [0.5, 0.6) is 0 Å². The maximum atomic E-state index is 10.6. The normalized spacial score (nSPS) is 19.0. The number of aromatic amines is 1. The summed E-state index contributed by atoms with van der Waals surface area (Å²) >= 11 is 0. The molecule has 1 heterocycles. The van der Waals surface area contributed by atoms with Crippen LogP contribution in [-0.4, -0.2) is 11.4 Å². The number of carbonyl (C=O) groups excluding carboxylic acids is 1. The number of fused-ring (bicyclic) bond motifs is 3. The van der Waals surface area contributed by atoms with Gasteiger partial charge in [0.25, 0.3) is 0 Å². The van der Waals surface area contributed by atoms with Gasteiger partial charge < -0.3 is 10.3 Å². The van der Waals surface area contributed by atoms with Crippen molar-refractivity contribution < 1.29 is 4.79 Å². The molecule has 1 unspecified atom stereocenters. The summed E-state index contributed by atoms with van der Waals surface area (Å²) in [4.78, 5) is 14.1. The summed E-state index contributed by atoms with van der Waals surface area (Å²) in [6, 6.07) is 6.63. The summed E-state index contributed by atoms with van der Waals surface area (Å²) in [5.41, 5.74) is 5.04. The lowest BCUT2D eigenvalue weighted by atomic mass is 9.91. The minimum Gasteiger partial charge on any atom is -0.356 e. The summed E-state index contributed by atoms with van der Waals surface area (Å²) in [5, 5.41) is 4.22. The van der Waals surface area contributed by atoms with Crippen LogP contribution >= 0.6 is 0 Å². The summed E-state index contributed by atoms with van der Waals surface area (Å²) < 4.78 is 0. The van der Waals surface area contributed by atoms with E-state index in [0.717, 1.165) is 25.7 Å². The Kier molecular flexibility index (Phi) is 2.39. The van der Waals surface area contributed by atoms with E-state index in [4.69, 9.17) is 0 Å². The van der Waals surface area contributed by atoms with E-state index in [2.05, 4.69) is 35.4 Å². The number of amides is 1. The Labute approximate surface area is 100 Å². The van der Waals surface area contributed by atoms with Gasteiger partial charge in [-0.25, -0.2) is 0 Å². The Balaban J connectivity index is 2.18. The molecule has 0 radical (unpaired) electrons. The lowest BCUT2D eigenvalue weighted by molar-refractivity contribution is -0.110. The van der Waals surface area contributed by atoms with Gasteiger partial charge in [0.1, 0.15) is 0 Å². The third-order valence-electron chi connectivity index (χ3n) is 3.63. The number of benzene rings is 1. The van der Waals surface area contributed by atoms with Crippen molar-refractivity contribution >= 4 is 17.3 Å². The Morgan fingerprint density at radius 2 is 2.35 bits per heavy atom. The molecule has 2 N–H and O–H groups in total. The largest absolute Gasteiger partial charge is 0.356 e. The average Bonchev–Trinajstić information content (AvgIpc) is 2.69. The average molecular weight is 228 g/mol. The molecule has 0 aliphatic heterocycles. The first-order valence-electron chi connectivity index (χ1n) is 6.10. The SMILES string of the molecule is Cc1ccc2[nH]c3c(c2c1)CCCC3NC=O. The molecule has 17 heavy (non-hydrogen) atoms. The molecule has 1 aliphatic carbocycles. The summed E-state index contributed by atoms with van der Waals surface area (Å²) in [7, 11) is 0. The van der Waals surface area contributed by atoms with Gasteiger partial charge >= 0.3 is 0 Å². The fourth-order valence-electron chi connectivity index (χ4n) is 2.83. The van der Waals surface area contributed by atoms with Crippen LogP contribution in [0.1, 0.15) is 35.7 Å². The second-order valence-corrected chi connectivity index (χ2v) is 4.80. The zero-order valence-electron chi connectivity index (χ0n) is 9.92. The molecule has 1 aromatic carbocycles. The summed E-state index contributed by atoms with van der Waals surface area (Å²) in [6.07, 6.45) is 4.07. The molecular weight excluding hydrogens is 212 g/mol. The van der Waals surface area contributed by atoms with E-state index in [0.29, 0.717) is 0 Å². The molecule has 88 valence electrons. The van der Waals surface area contributed by atoms with E-state index >= 15 is 0 Å². The number of aromatic nitrogens is 1. The zero-order valence-corrected chi connectivity index (χ0v) is 9.92. The van der Waals surface area contributed by atoms with Crippen LogP contribution in [0.4, 0.5) is 0 Å². The second-order valence-electron chi connectivity index (χ2n) is 4.80. The number of nitrogens with one attached hydrogen (secondary N) is 2. The van der Waals surface area contributed by atoms with E-state index in [1.165, 1.54) is 27.7 Å². The van der Waals surface area contributed by atoms with Crippen molar-refractivity contribution in [1.82, 2.24) is 10.3 Å². The monoisotopic (exact) mass is 228 g/mol. The molecule has 0 bridgehead atoms. The van der Waals surface area contributed by atoms with Gasteiger partial charge in [-0.2, -0.15) is 0 Å². The highest BCUT2D eigenvalue weighted by molar-refractivity contribution is 5.85. The van der Waals surface area contributed by atoms with Crippen molar-refractivity contribution in [2.45, 2.75) is 32.2 Å². The van der Waals surface area contributed by atoms with Crippen LogP contribution in [-0.2, 0) is 11.2 Å². The van der Waals surface area contributed by atoms with E-state index in [1.807, 2.05) is 0 Å². The molecule has 1 amide bonds. The Bertz CT molecular complexity index is 571. The molecule has 1 aromatic heterocycles. The second kappa shape index (κ2) is 3.91. The first kappa shape index (κ1) is 10.4. The zero-order chi connectivity index (χ0) is 11.8. The Morgan fingerprint density at radius 1 is 1.47 bits per heavy atom. The smallest absolute Gasteiger partial charge is 0.207 e. The first-order valence-corrected chi connectivity index (χ1v) is 6.10. The third-order valence-corrected chi connectivity index (χ3v) is 3.63. The van der Waals surface area contributed by atoms with Crippen LogP contribution in [0.2, 0.25) is 0 Å². The van der Waals surface area contributed by atoms with Crippen molar-refractivity contribution in [3.8, 4) is 0 Å². The number of H-pyrrole nitrogens is 1. The van der Waals surface area contributed by atoms with Crippen molar-refractivity contribution in [2.75, 3.05) is 0 Å². The third kappa shape index (κ3) is 1.62. The Morgan fingerprint density at radius 3 is 3.18 bits per heavy atom. The number of hydrogen-bond donors (Lipinski definition) is 2. The predicted octanol–water partition coefficient (Wildman–Crippen LogP) is 2.60. The maximum Gasteiger partial charge on any atom is 0.207 e. The molecule has 0 spiro atoms. The highest BCUT2D eigenvalue weighted by Crippen LogP contribution is 2.34. The van der Waals surface area contributed by atoms with Crippen LogP contribution in [0.25, 0.3) is 10.9 Å². The highest BCUT2D eigenvalue weighted by atomic mass is 16.1. The van der Waals surface area contributed by atoms with Gasteiger partial charge in [-0.3, -0.25) is 4.79 Å². The van der Waals surface area contributed by atoms with Crippen LogP contribution < -0.4 is 5.32 Å². The standard InChI is InChI=1S/C14H16N2O/c1-9-5-6-12-11(7-9)10-3-2-4-13(15-8-17)14(10)16-12/h5-8,13,16H,2-4H2,1H3,(H,15,17). The van der Waals surface area contributed by atoms with Crippen molar-refractivity contribution in [3.05, 3.63) is 35.0 Å². The minimum absolute atomic E-state index is 0.156. The lowest BCUT2D eigenvalue weighted by Gasteiger charge is -2.21. The molecule has 1 atom stereocenters. The quantitative estimate of drug-likeness (QED) is 0.762. The van der Waals surface area contributed by atoms with Gasteiger partial charge in [0.15, 0.2) is 0 Å². The van der Waals surface area contributed by atoms with E-state index in [-0.39, 0.29) is 6.04 Å². The van der Waals surface area contributed by atoms with E-state index in [1.54, 1.807) is 0 Å². The molecular formula is C14H16N2O. The fraction of sp³-hybridized carbons (Fsp3) is 0.357. The van der Waals surface area contributed by atoms with Crippen molar-refractivity contribution in [1.29, 1.82) is 0 Å². The van der Waals surface area contributed by atoms with Crippen molar-refractivity contribution in [3.63, 3.8) is 0 Å². The first-order chi connectivity index (χ1) is 8.29. The number of carbonyl (C=O) groups is 1. The molecule has 0 saturated carbocycles. The van der Waals surface area contributed by atoms with Crippen molar-refractivity contribution in [2.24, 2.45) is 0 Å². The van der Waals surface area contributed by atoms with Gasteiger partial charge in [0.2, 0.25) is 6.41 Å². The molecule has 0 fully saturated rings. The fourth-order valence-corrected chi connectivity index (χ4v) is 2.83. The summed E-state index contributed by atoms with van der Waals surface area (Å²) in [5.74, 6) is 0. The molecule has 0 saturated heterocycles. The predicted molar refractivity (Wildman–Crippen MR) is 67.9 cm³/mol. The molecule has 3 nitrogen and oxygen atoms in total. The van der Waals surface area contributed by atoms with Gasteiger partial charge in [-0.15, -0.1) is 0 Å².